The van der Waals surface area contributed by atoms with E-state index >= 15 is 0 Å². The monoisotopic (exact) mass is 481 g/mol. The molecular formula is C27H35N3O5. The number of pyridine rings is 1. The summed E-state index contributed by atoms with van der Waals surface area (Å²) in [5.41, 5.74) is 3.16. The van der Waals surface area contributed by atoms with Crippen molar-refractivity contribution in [3.63, 3.8) is 0 Å². The number of rotatable bonds is 11. The summed E-state index contributed by atoms with van der Waals surface area (Å²) in [4.78, 5) is 19.0. The summed E-state index contributed by atoms with van der Waals surface area (Å²) in [6, 6.07) is 9.27. The van der Waals surface area contributed by atoms with Gasteiger partial charge < -0.3 is 23.8 Å². The lowest BCUT2D eigenvalue weighted by Crippen LogP contribution is -2.25. The number of aromatic nitrogens is 1. The van der Waals surface area contributed by atoms with E-state index in [1.165, 1.54) is 0 Å². The second-order valence-corrected chi connectivity index (χ2v) is 8.21. The maximum absolute atomic E-state index is 12.3. The average Bonchev–Trinajstić information content (AvgIpc) is 2.86. The van der Waals surface area contributed by atoms with Crippen LogP contribution in [0.1, 0.15) is 31.4 Å². The maximum Gasteiger partial charge on any atom is 0.411 e. The molecule has 0 aliphatic rings. The molecule has 0 fully saturated rings. The van der Waals surface area contributed by atoms with Gasteiger partial charge in [-0.3, -0.25) is 10.3 Å². The van der Waals surface area contributed by atoms with Gasteiger partial charge in [0.25, 0.3) is 0 Å². The Morgan fingerprint density at radius 3 is 2.34 bits per heavy atom. The lowest BCUT2D eigenvalue weighted by Gasteiger charge is -2.18. The van der Waals surface area contributed by atoms with E-state index < -0.39 is 6.09 Å². The molecule has 2 aromatic carbocycles. The summed E-state index contributed by atoms with van der Waals surface area (Å²) < 4.78 is 22.5. The number of nitrogens with one attached hydrogen (secondary N) is 1. The minimum atomic E-state index is -0.457. The van der Waals surface area contributed by atoms with Crippen LogP contribution in [-0.4, -0.2) is 56.4 Å². The largest absolute Gasteiger partial charge is 0.493 e. The SMILES string of the molecule is CCN(CC)CCCOC(=O)Nc1cc(C)c(Oc2ccnc3cc(OC)c(OC)cc23)cc1C. The van der Waals surface area contributed by atoms with Gasteiger partial charge in [-0.15, -0.1) is 0 Å². The molecule has 0 unspecified atom stereocenters. The fraction of sp³-hybridized carbons (Fsp3) is 0.407. The molecule has 3 rings (SSSR count). The van der Waals surface area contributed by atoms with Crippen molar-refractivity contribution < 1.29 is 23.7 Å². The van der Waals surface area contributed by atoms with E-state index in [4.69, 9.17) is 18.9 Å². The molecule has 1 amide bonds. The van der Waals surface area contributed by atoms with Crippen molar-refractivity contribution in [2.45, 2.75) is 34.1 Å². The van der Waals surface area contributed by atoms with Crippen molar-refractivity contribution in [1.29, 1.82) is 0 Å². The van der Waals surface area contributed by atoms with Crippen molar-refractivity contribution in [1.82, 2.24) is 9.88 Å². The van der Waals surface area contributed by atoms with Crippen LogP contribution in [0.25, 0.3) is 10.9 Å². The Morgan fingerprint density at radius 1 is 0.943 bits per heavy atom. The zero-order valence-corrected chi connectivity index (χ0v) is 21.4. The number of nitrogens with zero attached hydrogens (tertiary/aromatic N) is 2. The molecule has 188 valence electrons. The Bertz CT molecular complexity index is 1160. The molecule has 0 saturated carbocycles. The maximum atomic E-state index is 12.3. The van der Waals surface area contributed by atoms with Crippen molar-refractivity contribution in [3.8, 4) is 23.0 Å². The highest BCUT2D eigenvalue weighted by molar-refractivity contribution is 5.89. The first-order chi connectivity index (χ1) is 16.9. The molecular weight excluding hydrogens is 446 g/mol. The van der Waals surface area contributed by atoms with Crippen LogP contribution in [0.2, 0.25) is 0 Å². The minimum Gasteiger partial charge on any atom is -0.493 e. The number of carbonyl (C=O) groups excluding carboxylic acids is 1. The lowest BCUT2D eigenvalue weighted by atomic mass is 10.1. The van der Waals surface area contributed by atoms with Crippen LogP contribution in [0.15, 0.2) is 36.5 Å². The molecule has 0 aliphatic carbocycles. The third-order valence-corrected chi connectivity index (χ3v) is 5.93. The van der Waals surface area contributed by atoms with E-state index in [9.17, 15) is 4.79 Å². The quantitative estimate of drug-likeness (QED) is 0.339. The highest BCUT2D eigenvalue weighted by Gasteiger charge is 2.14. The molecule has 3 aromatic rings. The molecule has 0 spiro atoms. The van der Waals surface area contributed by atoms with Crippen LogP contribution < -0.4 is 19.5 Å². The summed E-state index contributed by atoms with van der Waals surface area (Å²) >= 11 is 0. The smallest absolute Gasteiger partial charge is 0.411 e. The summed E-state index contributed by atoms with van der Waals surface area (Å²) in [5, 5.41) is 3.65. The van der Waals surface area contributed by atoms with Gasteiger partial charge in [-0.05, 0) is 68.8 Å². The number of ether oxygens (including phenoxy) is 4. The predicted molar refractivity (Wildman–Crippen MR) is 138 cm³/mol. The van der Waals surface area contributed by atoms with Crippen molar-refractivity contribution in [2.75, 3.05) is 45.8 Å². The summed E-state index contributed by atoms with van der Waals surface area (Å²) in [5.74, 6) is 2.53. The first-order valence-corrected chi connectivity index (χ1v) is 11.9. The predicted octanol–water partition coefficient (Wildman–Crippen LogP) is 5.94. The van der Waals surface area contributed by atoms with E-state index in [0.29, 0.717) is 35.3 Å². The number of anilines is 1. The zero-order chi connectivity index (χ0) is 25.4. The van der Waals surface area contributed by atoms with Gasteiger partial charge in [-0.2, -0.15) is 0 Å². The van der Waals surface area contributed by atoms with Crippen LogP contribution >= 0.6 is 0 Å². The minimum absolute atomic E-state index is 0.380. The van der Waals surface area contributed by atoms with Crippen molar-refractivity contribution in [2.24, 2.45) is 0 Å². The summed E-state index contributed by atoms with van der Waals surface area (Å²) in [7, 11) is 3.18. The number of hydrogen-bond donors (Lipinski definition) is 1. The molecule has 0 radical (unpaired) electrons. The highest BCUT2D eigenvalue weighted by Crippen LogP contribution is 2.38. The van der Waals surface area contributed by atoms with Gasteiger partial charge in [0.05, 0.1) is 26.3 Å². The molecule has 35 heavy (non-hydrogen) atoms. The van der Waals surface area contributed by atoms with E-state index in [1.807, 2.05) is 44.2 Å². The molecule has 8 heteroatoms. The average molecular weight is 482 g/mol. The highest BCUT2D eigenvalue weighted by atomic mass is 16.5. The van der Waals surface area contributed by atoms with Crippen LogP contribution in [0.4, 0.5) is 10.5 Å². The normalized spacial score (nSPS) is 10.9. The van der Waals surface area contributed by atoms with Gasteiger partial charge in [-0.25, -0.2) is 4.79 Å². The third-order valence-electron chi connectivity index (χ3n) is 5.93. The molecule has 1 N–H and O–H groups in total. The van der Waals surface area contributed by atoms with Crippen LogP contribution in [0.5, 0.6) is 23.0 Å². The van der Waals surface area contributed by atoms with Gasteiger partial charge in [0, 0.05) is 29.9 Å². The van der Waals surface area contributed by atoms with Gasteiger partial charge in [-0.1, -0.05) is 13.8 Å². The number of aryl methyl sites for hydroxylation is 2. The Labute approximate surface area is 207 Å². The lowest BCUT2D eigenvalue weighted by molar-refractivity contribution is 0.153. The third kappa shape index (κ3) is 6.54. The number of fused-ring (bicyclic) bond motifs is 1. The summed E-state index contributed by atoms with van der Waals surface area (Å²) in [6.45, 7) is 11.4. The Hall–Kier alpha value is -3.52. The number of hydrogen-bond acceptors (Lipinski definition) is 7. The fourth-order valence-corrected chi connectivity index (χ4v) is 3.83. The molecule has 0 saturated heterocycles. The number of methoxy groups -OCH3 is 2. The fourth-order valence-electron chi connectivity index (χ4n) is 3.83. The zero-order valence-electron chi connectivity index (χ0n) is 21.4. The van der Waals surface area contributed by atoms with E-state index in [2.05, 4.69) is 29.0 Å². The molecule has 1 heterocycles. The van der Waals surface area contributed by atoms with Gasteiger partial charge in [0.1, 0.15) is 11.5 Å². The van der Waals surface area contributed by atoms with Gasteiger partial charge >= 0.3 is 6.09 Å². The molecule has 0 aliphatic heterocycles. The molecule has 1 aromatic heterocycles. The van der Waals surface area contributed by atoms with Crippen molar-refractivity contribution >= 4 is 22.7 Å². The van der Waals surface area contributed by atoms with E-state index in [1.54, 1.807) is 20.4 Å². The molecule has 0 bridgehead atoms. The first kappa shape index (κ1) is 26.1. The van der Waals surface area contributed by atoms with Gasteiger partial charge in [0.2, 0.25) is 0 Å². The van der Waals surface area contributed by atoms with Crippen LogP contribution in [0.3, 0.4) is 0 Å². The van der Waals surface area contributed by atoms with Crippen LogP contribution in [0, 0.1) is 13.8 Å². The Kier molecular flexibility index (Phi) is 9.14. The number of amides is 1. The topological polar surface area (TPSA) is 82.2 Å². The van der Waals surface area contributed by atoms with Gasteiger partial charge in [0.15, 0.2) is 11.5 Å². The second-order valence-electron chi connectivity index (χ2n) is 8.21. The number of benzene rings is 2. The van der Waals surface area contributed by atoms with E-state index in [-0.39, 0.29) is 0 Å². The Balaban J connectivity index is 1.71. The van der Waals surface area contributed by atoms with Crippen LogP contribution in [-0.2, 0) is 4.74 Å². The Morgan fingerprint density at radius 2 is 1.66 bits per heavy atom. The van der Waals surface area contributed by atoms with E-state index in [0.717, 1.165) is 48.1 Å². The standard InChI is InChI=1S/C27H35N3O5/c1-7-30(8-2)12-9-13-34-27(31)29-21-14-19(4)24(15-18(21)3)35-23-10-11-28-22-17-26(33-6)25(32-5)16-20(22)23/h10-11,14-17H,7-9,12-13H2,1-6H3,(H,29,31). The summed E-state index contributed by atoms with van der Waals surface area (Å²) in [6.07, 6.45) is 2.04. The second kappa shape index (κ2) is 12.3. The van der Waals surface area contributed by atoms with Crippen molar-refractivity contribution in [3.05, 3.63) is 47.7 Å². The molecule has 8 nitrogen and oxygen atoms in total. The molecule has 0 atom stereocenters. The number of carbonyl (C=O) groups is 1. The first-order valence-electron chi connectivity index (χ1n) is 11.9.